The number of carboxylic acid groups (broad SMARTS) is 1. The van der Waals surface area contributed by atoms with Gasteiger partial charge in [-0.3, -0.25) is 15.0 Å². The molecule has 0 aliphatic carbocycles. The molecule has 2 heterocycles. The largest absolute Gasteiger partial charge is 0.497 e. The van der Waals surface area contributed by atoms with E-state index in [1.807, 2.05) is 0 Å². The summed E-state index contributed by atoms with van der Waals surface area (Å²) in [7, 11) is 3.03. The quantitative estimate of drug-likeness (QED) is 0.649. The van der Waals surface area contributed by atoms with Crippen LogP contribution in [0.1, 0.15) is 9.67 Å². The number of ether oxygens (including phenoxy) is 2. The Labute approximate surface area is 139 Å². The molecule has 1 aromatic carbocycles. The van der Waals surface area contributed by atoms with Crippen LogP contribution < -0.4 is 26.0 Å². The molecular formula is C15H12N2O6S. The topological polar surface area (TPSA) is 107 Å². The van der Waals surface area contributed by atoms with Gasteiger partial charge in [0.05, 0.1) is 19.9 Å². The van der Waals surface area contributed by atoms with Gasteiger partial charge < -0.3 is 14.6 Å². The molecule has 2 aromatic heterocycles. The van der Waals surface area contributed by atoms with Crippen LogP contribution in [0, 0.1) is 0 Å². The fraction of sp³-hybridized carbons (Fsp3) is 0.133. The van der Waals surface area contributed by atoms with Gasteiger partial charge in [-0.2, -0.15) is 4.68 Å². The maximum absolute atomic E-state index is 11.4. The molecule has 0 radical (unpaired) electrons. The van der Waals surface area contributed by atoms with E-state index in [0.29, 0.717) is 21.9 Å². The van der Waals surface area contributed by atoms with Crippen LogP contribution in [-0.4, -0.2) is 30.0 Å². The summed E-state index contributed by atoms with van der Waals surface area (Å²) in [5.74, 6) is -0.0507. The summed E-state index contributed by atoms with van der Waals surface area (Å²) < 4.78 is 11.2. The normalized spacial score (nSPS) is 10.8. The molecule has 0 saturated carbocycles. The van der Waals surface area contributed by atoms with Gasteiger partial charge in [0, 0.05) is 16.5 Å². The molecule has 9 heteroatoms. The van der Waals surface area contributed by atoms with Gasteiger partial charge in [-0.1, -0.05) is 0 Å². The number of carbonyl (C=O) groups is 1. The molecule has 3 rings (SSSR count). The lowest BCUT2D eigenvalue weighted by Crippen LogP contribution is -2.09. The Morgan fingerprint density at radius 1 is 1.17 bits per heavy atom. The Kier molecular flexibility index (Phi) is 3.86. The highest BCUT2D eigenvalue weighted by Crippen LogP contribution is 2.40. The second-order valence-corrected chi connectivity index (χ2v) is 5.83. The van der Waals surface area contributed by atoms with Gasteiger partial charge >= 0.3 is 17.1 Å². The predicted molar refractivity (Wildman–Crippen MR) is 88.2 cm³/mol. The molecule has 0 spiro atoms. The zero-order valence-corrected chi connectivity index (χ0v) is 13.5. The Hall–Kier alpha value is -3.07. The summed E-state index contributed by atoms with van der Waals surface area (Å²) in [6.45, 7) is 0. The monoisotopic (exact) mass is 348 g/mol. The minimum Gasteiger partial charge on any atom is -0.497 e. The van der Waals surface area contributed by atoms with Crippen molar-refractivity contribution in [3.05, 3.63) is 49.9 Å². The first-order valence-corrected chi connectivity index (χ1v) is 7.52. The van der Waals surface area contributed by atoms with Crippen molar-refractivity contribution in [1.29, 1.82) is 0 Å². The van der Waals surface area contributed by atoms with Crippen molar-refractivity contribution in [1.82, 2.24) is 4.68 Å². The van der Waals surface area contributed by atoms with E-state index >= 15 is 0 Å². The maximum Gasteiger partial charge on any atom is 0.348 e. The number of carboxylic acids is 1. The smallest absolute Gasteiger partial charge is 0.348 e. The van der Waals surface area contributed by atoms with E-state index in [1.54, 1.807) is 24.3 Å². The van der Waals surface area contributed by atoms with E-state index in [4.69, 9.17) is 9.47 Å². The van der Waals surface area contributed by atoms with Crippen LogP contribution in [0.3, 0.4) is 0 Å². The van der Waals surface area contributed by atoms with Crippen LogP contribution in [0.2, 0.25) is 0 Å². The molecule has 3 aromatic rings. The number of thiophene rings is 1. The van der Waals surface area contributed by atoms with Crippen molar-refractivity contribution >= 4 is 23.0 Å². The van der Waals surface area contributed by atoms with Gasteiger partial charge in [0.25, 0.3) is 0 Å². The van der Waals surface area contributed by atoms with Crippen molar-refractivity contribution in [2.45, 2.75) is 0 Å². The second kappa shape index (κ2) is 5.85. The standard InChI is InChI=1S/C15H12N2O6S/c1-22-7-3-4-8(10(5-7)23-2)11-6-9(12(24-11)15(20)21)16-17-13(18)14(17)19/h3-6,16H,1-2H3,(H,20,21). The summed E-state index contributed by atoms with van der Waals surface area (Å²) in [5.41, 5.74) is 1.93. The van der Waals surface area contributed by atoms with Crippen LogP contribution in [0.15, 0.2) is 33.9 Å². The highest BCUT2D eigenvalue weighted by Gasteiger charge is 2.23. The van der Waals surface area contributed by atoms with Crippen molar-refractivity contribution in [3.63, 3.8) is 0 Å². The Balaban J connectivity index is 2.06. The molecule has 124 valence electrons. The zero-order chi connectivity index (χ0) is 17.4. The number of nitrogens with one attached hydrogen (secondary N) is 1. The number of benzene rings is 1. The van der Waals surface area contributed by atoms with E-state index in [1.165, 1.54) is 14.2 Å². The Morgan fingerprint density at radius 3 is 2.42 bits per heavy atom. The average Bonchev–Trinajstić information content (AvgIpc) is 2.99. The van der Waals surface area contributed by atoms with Crippen molar-refractivity contribution in [3.8, 4) is 21.9 Å². The molecule has 0 aliphatic rings. The predicted octanol–water partition coefficient (Wildman–Crippen LogP) is 1.40. The van der Waals surface area contributed by atoms with E-state index in [9.17, 15) is 19.5 Å². The maximum atomic E-state index is 11.4. The number of hydrogen-bond donors (Lipinski definition) is 2. The number of aromatic nitrogens is 1. The Bertz CT molecular complexity index is 970. The van der Waals surface area contributed by atoms with Crippen LogP contribution in [0.25, 0.3) is 10.4 Å². The van der Waals surface area contributed by atoms with Crippen molar-refractivity contribution < 1.29 is 19.4 Å². The number of methoxy groups -OCH3 is 2. The third-order valence-electron chi connectivity index (χ3n) is 3.37. The molecule has 0 amide bonds. The number of anilines is 1. The first kappa shape index (κ1) is 15.8. The molecule has 2 N–H and O–H groups in total. The van der Waals surface area contributed by atoms with E-state index < -0.39 is 17.1 Å². The lowest BCUT2D eigenvalue weighted by atomic mass is 10.1. The van der Waals surface area contributed by atoms with Gasteiger partial charge in [-0.25, -0.2) is 4.79 Å². The molecule has 24 heavy (non-hydrogen) atoms. The van der Waals surface area contributed by atoms with E-state index in [2.05, 4.69) is 5.43 Å². The second-order valence-electron chi connectivity index (χ2n) is 4.78. The molecule has 0 saturated heterocycles. The molecule has 0 unspecified atom stereocenters. The molecule has 8 nitrogen and oxygen atoms in total. The molecule has 0 fully saturated rings. The highest BCUT2D eigenvalue weighted by atomic mass is 32.1. The number of hydrogen-bond acceptors (Lipinski definition) is 7. The molecular weight excluding hydrogens is 336 g/mol. The minimum absolute atomic E-state index is 0.0182. The van der Waals surface area contributed by atoms with Crippen LogP contribution in [-0.2, 0) is 0 Å². The number of rotatable bonds is 6. The van der Waals surface area contributed by atoms with Crippen molar-refractivity contribution in [2.24, 2.45) is 0 Å². The lowest BCUT2D eigenvalue weighted by Gasteiger charge is -2.08. The summed E-state index contributed by atoms with van der Waals surface area (Å²) in [5, 5.41) is 9.33. The summed E-state index contributed by atoms with van der Waals surface area (Å²) in [4.78, 5) is 34.2. The van der Waals surface area contributed by atoms with Crippen LogP contribution in [0.4, 0.5) is 5.69 Å². The number of aromatic carboxylic acids is 1. The fourth-order valence-corrected chi connectivity index (χ4v) is 3.10. The van der Waals surface area contributed by atoms with Gasteiger partial charge in [0.1, 0.15) is 16.4 Å². The van der Waals surface area contributed by atoms with Gasteiger partial charge in [-0.15, -0.1) is 11.3 Å². The zero-order valence-electron chi connectivity index (χ0n) is 12.7. The first-order valence-electron chi connectivity index (χ1n) is 6.71. The Morgan fingerprint density at radius 2 is 1.88 bits per heavy atom. The highest BCUT2D eigenvalue weighted by molar-refractivity contribution is 7.18. The van der Waals surface area contributed by atoms with Crippen LogP contribution in [0.5, 0.6) is 11.5 Å². The number of nitrogens with zero attached hydrogens (tertiary/aromatic N) is 1. The lowest BCUT2D eigenvalue weighted by molar-refractivity contribution is 0.0703. The fourth-order valence-electron chi connectivity index (χ4n) is 2.12. The molecule has 0 atom stereocenters. The summed E-state index contributed by atoms with van der Waals surface area (Å²) in [6.07, 6.45) is 0. The van der Waals surface area contributed by atoms with E-state index in [0.717, 1.165) is 16.0 Å². The molecule has 0 aliphatic heterocycles. The summed E-state index contributed by atoms with van der Waals surface area (Å²) >= 11 is 1.00. The minimum atomic E-state index is -1.16. The van der Waals surface area contributed by atoms with Gasteiger partial charge in [-0.05, 0) is 18.2 Å². The van der Waals surface area contributed by atoms with Crippen LogP contribution >= 0.6 is 11.3 Å². The first-order chi connectivity index (χ1) is 11.5. The van der Waals surface area contributed by atoms with Crippen molar-refractivity contribution in [2.75, 3.05) is 19.6 Å². The third kappa shape index (κ3) is 2.65. The van der Waals surface area contributed by atoms with Gasteiger partial charge in [0.15, 0.2) is 0 Å². The SMILES string of the molecule is COc1ccc(-c2cc(Nn3c(=O)c3=O)c(C(=O)O)s2)c(OC)c1. The average molecular weight is 348 g/mol. The summed E-state index contributed by atoms with van der Waals surface area (Å²) in [6, 6.07) is 6.70. The molecule has 0 bridgehead atoms. The van der Waals surface area contributed by atoms with E-state index in [-0.39, 0.29) is 10.6 Å². The van der Waals surface area contributed by atoms with Gasteiger partial charge in [0.2, 0.25) is 0 Å². The third-order valence-corrected chi connectivity index (χ3v) is 4.53.